The average molecular weight is 254 g/mol. The molecule has 0 saturated heterocycles. The van der Waals surface area contributed by atoms with Crippen LogP contribution in [0, 0.1) is 0 Å². The van der Waals surface area contributed by atoms with Gasteiger partial charge in [0.15, 0.2) is 0 Å². The monoisotopic (exact) mass is 254 g/mol. The number of rotatable bonds is 6. The van der Waals surface area contributed by atoms with Crippen LogP contribution in [-0.2, 0) is 11.2 Å². The lowest BCUT2D eigenvalue weighted by molar-refractivity contribution is -0.121. The Labute approximate surface area is 108 Å². The van der Waals surface area contributed by atoms with E-state index in [1.54, 1.807) is 11.3 Å². The topological polar surface area (TPSA) is 42.0 Å². The van der Waals surface area contributed by atoms with Crippen LogP contribution in [0.1, 0.15) is 57.2 Å². The van der Waals surface area contributed by atoms with Gasteiger partial charge < -0.3 is 5.32 Å². The van der Waals surface area contributed by atoms with E-state index >= 15 is 0 Å². The van der Waals surface area contributed by atoms with Crippen molar-refractivity contribution in [1.82, 2.24) is 10.3 Å². The van der Waals surface area contributed by atoms with Crippen LogP contribution in [0.4, 0.5) is 0 Å². The van der Waals surface area contributed by atoms with Gasteiger partial charge in [0.05, 0.1) is 10.7 Å². The Balaban J connectivity index is 2.37. The van der Waals surface area contributed by atoms with Crippen molar-refractivity contribution in [2.75, 3.05) is 0 Å². The summed E-state index contributed by atoms with van der Waals surface area (Å²) < 4.78 is 0. The molecule has 0 aliphatic rings. The molecule has 0 saturated carbocycles. The molecule has 0 aromatic carbocycles. The fourth-order valence-electron chi connectivity index (χ4n) is 1.37. The van der Waals surface area contributed by atoms with E-state index in [0.717, 1.165) is 23.5 Å². The third kappa shape index (κ3) is 4.86. The van der Waals surface area contributed by atoms with Gasteiger partial charge in [0.1, 0.15) is 0 Å². The molecule has 1 N–H and O–H groups in total. The second-order valence-corrected chi connectivity index (χ2v) is 5.64. The van der Waals surface area contributed by atoms with Gasteiger partial charge in [-0.05, 0) is 19.3 Å². The lowest BCUT2D eigenvalue weighted by Crippen LogP contribution is -2.31. The lowest BCUT2D eigenvalue weighted by atomic mass is 10.2. The molecule has 1 atom stereocenters. The summed E-state index contributed by atoms with van der Waals surface area (Å²) in [7, 11) is 0. The molecule has 1 aromatic rings. The fourth-order valence-corrected chi connectivity index (χ4v) is 2.33. The Morgan fingerprint density at radius 2 is 2.18 bits per heavy atom. The number of nitrogens with one attached hydrogen (secondary N) is 1. The average Bonchev–Trinajstić information content (AvgIpc) is 2.75. The number of aromatic nitrogens is 1. The zero-order chi connectivity index (χ0) is 12.8. The fraction of sp³-hybridized carbons (Fsp3) is 0.692. The van der Waals surface area contributed by atoms with Crippen LogP contribution in [0.25, 0.3) is 0 Å². The minimum atomic E-state index is 0.126. The summed E-state index contributed by atoms with van der Waals surface area (Å²) in [4.78, 5) is 16.1. The first-order chi connectivity index (χ1) is 8.02. The molecule has 0 aliphatic heterocycles. The van der Waals surface area contributed by atoms with E-state index in [2.05, 4.69) is 36.5 Å². The Hall–Kier alpha value is -0.900. The predicted molar refractivity (Wildman–Crippen MR) is 72.4 cm³/mol. The molecule has 1 rings (SSSR count). The van der Waals surface area contributed by atoms with Crippen molar-refractivity contribution in [2.24, 2.45) is 0 Å². The summed E-state index contributed by atoms with van der Waals surface area (Å²) in [5.74, 6) is 0.592. The molecule has 17 heavy (non-hydrogen) atoms. The number of nitrogens with zero attached hydrogens (tertiary/aromatic N) is 1. The Bertz CT molecular complexity index is 360. The van der Waals surface area contributed by atoms with E-state index in [4.69, 9.17) is 0 Å². The highest BCUT2D eigenvalue weighted by atomic mass is 32.1. The number of hydrogen-bond donors (Lipinski definition) is 1. The van der Waals surface area contributed by atoms with Gasteiger partial charge in [0.2, 0.25) is 5.91 Å². The highest BCUT2D eigenvalue weighted by molar-refractivity contribution is 7.09. The molecule has 0 fully saturated rings. The van der Waals surface area contributed by atoms with E-state index in [9.17, 15) is 4.79 Å². The van der Waals surface area contributed by atoms with E-state index in [1.807, 2.05) is 6.92 Å². The largest absolute Gasteiger partial charge is 0.354 e. The zero-order valence-electron chi connectivity index (χ0n) is 11.1. The highest BCUT2D eigenvalue weighted by Crippen LogP contribution is 2.18. The smallest absolute Gasteiger partial charge is 0.220 e. The molecular formula is C13H22N2OS. The molecule has 4 heteroatoms. The number of aryl methyl sites for hydroxylation is 1. The number of carbonyl (C=O) groups is 1. The van der Waals surface area contributed by atoms with Gasteiger partial charge in [-0.1, -0.05) is 20.8 Å². The molecule has 96 valence electrons. The first kappa shape index (κ1) is 14.2. The second kappa shape index (κ2) is 6.74. The van der Waals surface area contributed by atoms with Gasteiger partial charge in [-0.15, -0.1) is 11.3 Å². The summed E-state index contributed by atoms with van der Waals surface area (Å²) in [6.45, 7) is 8.36. The van der Waals surface area contributed by atoms with E-state index in [-0.39, 0.29) is 11.9 Å². The van der Waals surface area contributed by atoms with Crippen molar-refractivity contribution in [2.45, 2.75) is 58.9 Å². The number of hydrogen-bond acceptors (Lipinski definition) is 3. The molecule has 0 aliphatic carbocycles. The maximum Gasteiger partial charge on any atom is 0.220 e. The molecular weight excluding hydrogens is 232 g/mol. The number of amides is 1. The maximum atomic E-state index is 11.6. The second-order valence-electron chi connectivity index (χ2n) is 4.70. The minimum absolute atomic E-state index is 0.126. The van der Waals surface area contributed by atoms with E-state index in [0.29, 0.717) is 12.3 Å². The van der Waals surface area contributed by atoms with Crippen molar-refractivity contribution in [1.29, 1.82) is 0 Å². The maximum absolute atomic E-state index is 11.6. The Morgan fingerprint density at radius 3 is 2.71 bits per heavy atom. The van der Waals surface area contributed by atoms with Crippen LogP contribution in [-0.4, -0.2) is 16.9 Å². The number of carbonyl (C=O) groups excluding carboxylic acids is 1. The van der Waals surface area contributed by atoms with Crippen LogP contribution in [0.15, 0.2) is 5.38 Å². The summed E-state index contributed by atoms with van der Waals surface area (Å²) in [6, 6.07) is 0.269. The molecule has 0 spiro atoms. The SMILES string of the molecule is CCC(C)NC(=O)CCc1nc(C(C)C)cs1. The lowest BCUT2D eigenvalue weighted by Gasteiger charge is -2.10. The first-order valence-corrected chi connectivity index (χ1v) is 7.14. The molecule has 0 bridgehead atoms. The predicted octanol–water partition coefficient (Wildman–Crippen LogP) is 3.11. The molecule has 0 radical (unpaired) electrons. The standard InChI is InChI=1S/C13H22N2OS/c1-5-10(4)14-12(16)6-7-13-15-11(8-17-13)9(2)3/h8-10H,5-7H2,1-4H3,(H,14,16). The van der Waals surface area contributed by atoms with Crippen LogP contribution < -0.4 is 5.32 Å². The summed E-state index contributed by atoms with van der Waals surface area (Å²) in [5.41, 5.74) is 1.13. The van der Waals surface area contributed by atoms with Crippen molar-refractivity contribution < 1.29 is 4.79 Å². The van der Waals surface area contributed by atoms with Crippen molar-refractivity contribution >= 4 is 17.2 Å². The van der Waals surface area contributed by atoms with E-state index < -0.39 is 0 Å². The van der Waals surface area contributed by atoms with Crippen molar-refractivity contribution in [3.05, 3.63) is 16.1 Å². The summed E-state index contributed by atoms with van der Waals surface area (Å²) in [5, 5.41) is 6.12. The zero-order valence-corrected chi connectivity index (χ0v) is 11.9. The van der Waals surface area contributed by atoms with E-state index in [1.165, 1.54) is 0 Å². The minimum Gasteiger partial charge on any atom is -0.354 e. The molecule has 1 aromatic heterocycles. The van der Waals surface area contributed by atoms with Gasteiger partial charge in [-0.3, -0.25) is 4.79 Å². The summed E-state index contributed by atoms with van der Waals surface area (Å²) in [6.07, 6.45) is 2.26. The molecule has 3 nitrogen and oxygen atoms in total. The Morgan fingerprint density at radius 1 is 1.47 bits per heavy atom. The summed E-state index contributed by atoms with van der Waals surface area (Å²) >= 11 is 1.65. The third-order valence-electron chi connectivity index (χ3n) is 2.75. The molecule has 1 amide bonds. The van der Waals surface area contributed by atoms with Gasteiger partial charge in [0, 0.05) is 24.3 Å². The molecule has 1 unspecified atom stereocenters. The Kier molecular flexibility index (Phi) is 5.62. The normalized spacial score (nSPS) is 12.8. The van der Waals surface area contributed by atoms with Crippen LogP contribution >= 0.6 is 11.3 Å². The first-order valence-electron chi connectivity index (χ1n) is 6.26. The van der Waals surface area contributed by atoms with Gasteiger partial charge >= 0.3 is 0 Å². The quantitative estimate of drug-likeness (QED) is 0.847. The third-order valence-corrected chi connectivity index (χ3v) is 3.67. The van der Waals surface area contributed by atoms with Crippen molar-refractivity contribution in [3.8, 4) is 0 Å². The molecule has 1 heterocycles. The van der Waals surface area contributed by atoms with Crippen LogP contribution in [0.5, 0.6) is 0 Å². The highest BCUT2D eigenvalue weighted by Gasteiger charge is 2.09. The number of thiazole rings is 1. The van der Waals surface area contributed by atoms with Gasteiger partial charge in [-0.2, -0.15) is 0 Å². The van der Waals surface area contributed by atoms with Crippen molar-refractivity contribution in [3.63, 3.8) is 0 Å². The van der Waals surface area contributed by atoms with Gasteiger partial charge in [0.25, 0.3) is 0 Å². The van der Waals surface area contributed by atoms with Gasteiger partial charge in [-0.25, -0.2) is 4.98 Å². The van der Waals surface area contributed by atoms with Crippen LogP contribution in [0.2, 0.25) is 0 Å². The van der Waals surface area contributed by atoms with Crippen LogP contribution in [0.3, 0.4) is 0 Å².